The lowest BCUT2D eigenvalue weighted by Crippen LogP contribution is -2.47. The van der Waals surface area contributed by atoms with Crippen LogP contribution >= 0.6 is 0 Å². The van der Waals surface area contributed by atoms with Crippen molar-refractivity contribution in [1.82, 2.24) is 0 Å². The molecule has 0 saturated carbocycles. The van der Waals surface area contributed by atoms with Crippen molar-refractivity contribution in [2.45, 2.75) is 13.2 Å². The van der Waals surface area contributed by atoms with E-state index in [1.165, 1.54) is 0 Å². The number of halogens is 6. The van der Waals surface area contributed by atoms with Gasteiger partial charge in [-0.3, -0.25) is 0 Å². The van der Waals surface area contributed by atoms with Crippen molar-refractivity contribution in [2.75, 3.05) is 13.2 Å². The van der Waals surface area contributed by atoms with Crippen molar-refractivity contribution < 1.29 is 40.5 Å². The quantitative estimate of drug-likeness (QED) is 0.118. The number of hydrogen-bond donors (Lipinski definition) is 2. The third-order valence-electron chi connectivity index (χ3n) is 6.23. The van der Waals surface area contributed by atoms with E-state index in [-0.39, 0.29) is 37.3 Å². The summed E-state index contributed by atoms with van der Waals surface area (Å²) in [5.41, 5.74) is 8.18. The van der Waals surface area contributed by atoms with Crippen LogP contribution in [0.25, 0.3) is 0 Å². The van der Waals surface area contributed by atoms with E-state index in [0.29, 0.717) is 10.9 Å². The molecule has 0 radical (unpaired) electrons. The van der Waals surface area contributed by atoms with Crippen molar-refractivity contribution in [3.05, 3.63) is 119 Å². The third kappa shape index (κ3) is 7.38. The highest BCUT2D eigenvalue weighted by Crippen LogP contribution is 2.12. The summed E-state index contributed by atoms with van der Waals surface area (Å²) in [6.07, 6.45) is 0. The van der Waals surface area contributed by atoms with E-state index in [2.05, 4.69) is 0 Å². The second kappa shape index (κ2) is 13.8. The summed E-state index contributed by atoms with van der Waals surface area (Å²) < 4.78 is 98.4. The molecular weight excluding hydrogens is 548 g/mol. The molecule has 0 aromatic heterocycles. The predicted octanol–water partition coefficient (Wildman–Crippen LogP) is 2.32. The maximum absolute atomic E-state index is 13.9. The summed E-state index contributed by atoms with van der Waals surface area (Å²) in [5.74, 6) is -3.17. The van der Waals surface area contributed by atoms with Crippen LogP contribution in [0, 0.1) is 34.9 Å². The smallest absolute Gasteiger partial charge is 0.386 e. The summed E-state index contributed by atoms with van der Waals surface area (Å²) in [4.78, 5) is 0. The largest absolute Gasteiger partial charge is 0.426 e. The maximum Gasteiger partial charge on any atom is 0.386 e. The monoisotopic (exact) mass is 572 g/mol. The molecule has 4 aromatic rings. The zero-order valence-corrected chi connectivity index (χ0v) is 21.6. The minimum Gasteiger partial charge on any atom is -0.426 e. The fourth-order valence-electron chi connectivity index (χ4n) is 4.29. The molecule has 0 unspecified atom stereocenters. The van der Waals surface area contributed by atoms with Crippen LogP contribution in [-0.2, 0) is 27.4 Å². The first kappa shape index (κ1) is 30.4. The molecule has 0 aliphatic carbocycles. The third-order valence-corrected chi connectivity index (χ3v) is 6.23. The fraction of sp³-hybridized carbons (Fsp3) is 0.143. The van der Waals surface area contributed by atoms with E-state index in [1.807, 2.05) is 0 Å². The van der Waals surface area contributed by atoms with Crippen LogP contribution in [0.3, 0.4) is 0 Å². The van der Waals surface area contributed by atoms with Gasteiger partial charge < -0.3 is 19.9 Å². The highest BCUT2D eigenvalue weighted by molar-refractivity contribution is 6.80. The van der Waals surface area contributed by atoms with E-state index in [9.17, 15) is 26.3 Å². The number of nitrogens with two attached hydrogens (primary N) is 2. The second-order valence-electron chi connectivity index (χ2n) is 9.13. The Balaban J connectivity index is 1.43. The number of rotatable bonds is 12. The fourth-order valence-corrected chi connectivity index (χ4v) is 4.29. The zero-order valence-electron chi connectivity index (χ0n) is 21.6. The molecule has 0 amide bonds. The molecule has 4 rings (SSSR count). The van der Waals surface area contributed by atoms with E-state index >= 15 is 0 Å². The molecular formula is C28H24B2F6N2O3. The molecule has 0 aliphatic heterocycles. The van der Waals surface area contributed by atoms with Gasteiger partial charge in [-0.15, -0.1) is 0 Å². The molecule has 0 fully saturated rings. The van der Waals surface area contributed by atoms with Gasteiger partial charge in [0.2, 0.25) is 0 Å². The van der Waals surface area contributed by atoms with Gasteiger partial charge in [-0.25, -0.2) is 32.2 Å². The van der Waals surface area contributed by atoms with E-state index in [0.717, 1.165) is 35.4 Å². The number of benzene rings is 4. The molecule has 4 aromatic carbocycles. The number of hydrogen-bond acceptors (Lipinski definition) is 5. The molecule has 0 spiro atoms. The molecule has 4 N–H and O–H groups in total. The van der Waals surface area contributed by atoms with Crippen LogP contribution < -0.4 is 33.5 Å². The molecule has 0 bridgehead atoms. The summed E-state index contributed by atoms with van der Waals surface area (Å²) in [6.45, 7) is -1.29. The van der Waals surface area contributed by atoms with Gasteiger partial charge in [-0.1, -0.05) is 48.5 Å². The summed E-state index contributed by atoms with van der Waals surface area (Å²) >= 11 is 0. The molecule has 212 valence electrons. The first-order valence-corrected chi connectivity index (χ1v) is 12.4. The standard InChI is InChI=1S/C28H24B2F6N2O3/c31-23-11-21(12-24(32)27(23)35)29(40-9-8-37)20-3-1-2-18(10-20)16-39-15-17-4-6-19(7-5-17)30(41-38)22-13-25(33)28(36)26(34)14-22/h1-7,10-14H,8-9,15-16,37-38H2. The van der Waals surface area contributed by atoms with Crippen LogP contribution in [-0.4, -0.2) is 27.0 Å². The van der Waals surface area contributed by atoms with Crippen LogP contribution in [0.5, 0.6) is 0 Å². The Labute approximate surface area is 233 Å². The minimum absolute atomic E-state index is 0.00708. The van der Waals surface area contributed by atoms with Crippen LogP contribution in [0.4, 0.5) is 26.3 Å². The normalized spacial score (nSPS) is 11.1. The molecule has 0 atom stereocenters. The van der Waals surface area contributed by atoms with Gasteiger partial charge in [0, 0.05) is 13.2 Å². The average molecular weight is 572 g/mol. The SMILES string of the molecule is NCCOB(c1cccc(COCc2ccc(B(ON)c3cc(F)c(F)c(F)c3)cc2)c1)c1cc(F)c(F)c(F)c1. The van der Waals surface area contributed by atoms with E-state index in [4.69, 9.17) is 25.8 Å². The van der Waals surface area contributed by atoms with Gasteiger partial charge in [0.05, 0.1) is 13.2 Å². The minimum atomic E-state index is -1.58. The van der Waals surface area contributed by atoms with Gasteiger partial charge >= 0.3 is 13.8 Å². The van der Waals surface area contributed by atoms with Crippen LogP contribution in [0.15, 0.2) is 72.8 Å². The van der Waals surface area contributed by atoms with Gasteiger partial charge in [0.15, 0.2) is 34.9 Å². The Morgan fingerprint density at radius 3 is 1.66 bits per heavy atom. The lowest BCUT2D eigenvalue weighted by Gasteiger charge is -2.16. The van der Waals surface area contributed by atoms with Crippen LogP contribution in [0.2, 0.25) is 0 Å². The van der Waals surface area contributed by atoms with Gasteiger partial charge in [0.25, 0.3) is 0 Å². The first-order valence-electron chi connectivity index (χ1n) is 12.4. The zero-order chi connectivity index (χ0) is 29.5. The molecule has 13 heteroatoms. The second-order valence-corrected chi connectivity index (χ2v) is 9.13. The molecule has 0 aliphatic rings. The van der Waals surface area contributed by atoms with Crippen molar-refractivity contribution in [1.29, 1.82) is 0 Å². The van der Waals surface area contributed by atoms with Crippen molar-refractivity contribution >= 4 is 35.7 Å². The molecule has 0 heterocycles. The van der Waals surface area contributed by atoms with Crippen molar-refractivity contribution in [3.8, 4) is 0 Å². The Bertz CT molecular complexity index is 1450. The lowest BCUT2D eigenvalue weighted by molar-refractivity contribution is 0.107. The van der Waals surface area contributed by atoms with Crippen molar-refractivity contribution in [2.24, 2.45) is 11.6 Å². The summed E-state index contributed by atoms with van der Waals surface area (Å²) in [6, 6.07) is 17.1. The number of ether oxygens (including phenoxy) is 1. The maximum atomic E-state index is 13.9. The first-order chi connectivity index (χ1) is 19.7. The topological polar surface area (TPSA) is 79.7 Å². The lowest BCUT2D eigenvalue weighted by atomic mass is 9.55. The molecule has 5 nitrogen and oxygen atoms in total. The van der Waals surface area contributed by atoms with E-state index < -0.39 is 48.7 Å². The Morgan fingerprint density at radius 1 is 0.585 bits per heavy atom. The van der Waals surface area contributed by atoms with Crippen LogP contribution in [0.1, 0.15) is 11.1 Å². The highest BCUT2D eigenvalue weighted by atomic mass is 19.2. The predicted molar refractivity (Wildman–Crippen MR) is 144 cm³/mol. The van der Waals surface area contributed by atoms with E-state index in [1.54, 1.807) is 48.5 Å². The summed E-state index contributed by atoms with van der Waals surface area (Å²) in [5, 5.41) is 0. The Morgan fingerprint density at radius 2 is 1.12 bits per heavy atom. The Kier molecular flexibility index (Phi) is 10.2. The highest BCUT2D eigenvalue weighted by Gasteiger charge is 2.26. The van der Waals surface area contributed by atoms with Gasteiger partial charge in [-0.05, 0) is 57.2 Å². The van der Waals surface area contributed by atoms with Gasteiger partial charge in [0.1, 0.15) is 0 Å². The average Bonchev–Trinajstić information content (AvgIpc) is 2.96. The van der Waals surface area contributed by atoms with Gasteiger partial charge in [-0.2, -0.15) is 0 Å². The van der Waals surface area contributed by atoms with Crippen molar-refractivity contribution in [3.63, 3.8) is 0 Å². The molecule has 41 heavy (non-hydrogen) atoms. The summed E-state index contributed by atoms with van der Waals surface area (Å²) in [7, 11) is 0. The molecule has 0 saturated heterocycles. The Hall–Kier alpha value is -3.61.